The van der Waals surface area contributed by atoms with E-state index in [9.17, 15) is 4.79 Å². The van der Waals surface area contributed by atoms with Gasteiger partial charge in [0.25, 0.3) is 8.32 Å². The standard InChI is InChI=1S/C27H35ClN2O3Si/c1-27(2,3)34(5,6)33-24-13-9-18(15-22(24)28)21(16-19-10-14-25(31)29-19)23-12-11-20(17-7-8-17)26(30-23)32-4/h9,11-13,15-17,19H,7-8,10,14H2,1-6H3,(H,29,31)/t19-/m1/s1. The summed E-state index contributed by atoms with van der Waals surface area (Å²) in [6.45, 7) is 11.1. The number of nitrogens with zero attached hydrogens (tertiary/aromatic N) is 1. The topological polar surface area (TPSA) is 60.5 Å². The molecule has 2 heterocycles. The van der Waals surface area contributed by atoms with Gasteiger partial charge in [-0.25, -0.2) is 4.98 Å². The number of pyridine rings is 1. The SMILES string of the molecule is COc1nc(C(=C[C@H]2CCC(=O)N2)c2ccc(O[Si](C)(C)C(C)(C)C)c(Cl)c2)ccc1C1CC1. The number of nitrogens with one attached hydrogen (secondary N) is 1. The number of carbonyl (C=O) groups is 1. The molecule has 1 saturated carbocycles. The van der Waals surface area contributed by atoms with Gasteiger partial charge < -0.3 is 14.5 Å². The molecule has 1 N–H and O–H groups in total. The summed E-state index contributed by atoms with van der Waals surface area (Å²) in [5, 5.41) is 3.69. The number of halogens is 1. The quantitative estimate of drug-likeness (QED) is 0.430. The Balaban J connectivity index is 1.72. The molecule has 1 saturated heterocycles. The molecule has 2 aliphatic rings. The van der Waals surface area contributed by atoms with Crippen molar-refractivity contribution >= 4 is 31.4 Å². The maximum absolute atomic E-state index is 11.8. The van der Waals surface area contributed by atoms with E-state index >= 15 is 0 Å². The Bertz CT molecular complexity index is 1120. The number of hydrogen-bond acceptors (Lipinski definition) is 4. The normalized spacial score (nSPS) is 19.2. The van der Waals surface area contributed by atoms with Crippen LogP contribution in [0.3, 0.4) is 0 Å². The zero-order valence-corrected chi connectivity index (χ0v) is 22.8. The number of carbonyl (C=O) groups excluding carboxylic acids is 1. The number of hydrogen-bond donors (Lipinski definition) is 1. The highest BCUT2D eigenvalue weighted by Gasteiger charge is 2.39. The molecule has 182 valence electrons. The molecule has 1 aromatic carbocycles. The number of ether oxygens (including phenoxy) is 1. The van der Waals surface area contributed by atoms with Gasteiger partial charge in [0.15, 0.2) is 0 Å². The van der Waals surface area contributed by atoms with Crippen molar-refractivity contribution in [3.63, 3.8) is 0 Å². The maximum atomic E-state index is 11.8. The predicted molar refractivity (Wildman–Crippen MR) is 140 cm³/mol. The summed E-state index contributed by atoms with van der Waals surface area (Å²) >= 11 is 6.75. The number of rotatable bonds is 7. The van der Waals surface area contributed by atoms with Crippen LogP contribution in [0.5, 0.6) is 11.6 Å². The van der Waals surface area contributed by atoms with Crippen molar-refractivity contribution < 1.29 is 14.0 Å². The zero-order valence-electron chi connectivity index (χ0n) is 21.0. The fourth-order valence-corrected chi connectivity index (χ4v) is 5.26. The van der Waals surface area contributed by atoms with Gasteiger partial charge in [0.1, 0.15) is 5.75 Å². The van der Waals surface area contributed by atoms with Crippen molar-refractivity contribution in [3.8, 4) is 11.6 Å². The average Bonchev–Trinajstić information content (AvgIpc) is 3.53. The third-order valence-corrected chi connectivity index (χ3v) is 11.8. The Labute approximate surface area is 209 Å². The van der Waals surface area contributed by atoms with Crippen LogP contribution in [-0.2, 0) is 4.79 Å². The summed E-state index contributed by atoms with van der Waals surface area (Å²) in [5.74, 6) is 2.00. The molecule has 0 unspecified atom stereocenters. The van der Waals surface area contributed by atoms with E-state index in [-0.39, 0.29) is 17.0 Å². The highest BCUT2D eigenvalue weighted by Crippen LogP contribution is 2.44. The number of amides is 1. The van der Waals surface area contributed by atoms with Gasteiger partial charge in [-0.2, -0.15) is 0 Å². The minimum absolute atomic E-state index is 0.0414. The van der Waals surface area contributed by atoms with Crippen LogP contribution in [0.2, 0.25) is 23.2 Å². The summed E-state index contributed by atoms with van der Waals surface area (Å²) in [6.07, 6.45) is 5.74. The summed E-state index contributed by atoms with van der Waals surface area (Å²) in [6, 6.07) is 10.0. The molecule has 1 atom stereocenters. The zero-order chi connectivity index (χ0) is 24.7. The van der Waals surface area contributed by atoms with E-state index in [1.165, 1.54) is 12.8 Å². The molecule has 5 nitrogen and oxygen atoms in total. The van der Waals surface area contributed by atoms with E-state index in [0.717, 1.165) is 28.8 Å². The maximum Gasteiger partial charge on any atom is 0.250 e. The third-order valence-electron chi connectivity index (χ3n) is 7.19. The molecule has 0 radical (unpaired) electrons. The first-order chi connectivity index (χ1) is 16.0. The van der Waals surface area contributed by atoms with Crippen LogP contribution < -0.4 is 14.5 Å². The monoisotopic (exact) mass is 498 g/mol. The molecule has 34 heavy (non-hydrogen) atoms. The van der Waals surface area contributed by atoms with Gasteiger partial charge in [-0.05, 0) is 67.1 Å². The molecular weight excluding hydrogens is 464 g/mol. The lowest BCUT2D eigenvalue weighted by Gasteiger charge is -2.36. The number of aromatic nitrogens is 1. The van der Waals surface area contributed by atoms with Crippen molar-refractivity contribution in [3.05, 3.63) is 58.3 Å². The van der Waals surface area contributed by atoms with Crippen LogP contribution in [0.25, 0.3) is 5.57 Å². The summed E-state index contributed by atoms with van der Waals surface area (Å²) in [5.41, 5.74) is 3.82. The summed E-state index contributed by atoms with van der Waals surface area (Å²) in [7, 11) is -0.353. The molecule has 0 spiro atoms. The Morgan fingerprint density at radius 2 is 1.91 bits per heavy atom. The minimum atomic E-state index is -2.02. The summed E-state index contributed by atoms with van der Waals surface area (Å²) < 4.78 is 12.1. The molecule has 1 amide bonds. The Kier molecular flexibility index (Phi) is 6.84. The lowest BCUT2D eigenvalue weighted by Crippen LogP contribution is -2.43. The van der Waals surface area contributed by atoms with Crippen molar-refractivity contribution in [2.45, 2.75) is 76.5 Å². The summed E-state index contributed by atoms with van der Waals surface area (Å²) in [4.78, 5) is 16.7. The lowest BCUT2D eigenvalue weighted by molar-refractivity contribution is -0.119. The average molecular weight is 499 g/mol. The Morgan fingerprint density at radius 3 is 2.47 bits per heavy atom. The lowest BCUT2D eigenvalue weighted by atomic mass is 9.98. The van der Waals surface area contributed by atoms with E-state index in [4.69, 9.17) is 25.7 Å². The molecule has 7 heteroatoms. The van der Waals surface area contributed by atoms with Gasteiger partial charge in [0.05, 0.1) is 17.8 Å². The van der Waals surface area contributed by atoms with Crippen molar-refractivity contribution in [2.75, 3.05) is 7.11 Å². The fraction of sp³-hybridized carbons (Fsp3) is 0.481. The predicted octanol–water partition coefficient (Wildman–Crippen LogP) is 6.72. The molecule has 2 fully saturated rings. The Hall–Kier alpha value is -2.31. The van der Waals surface area contributed by atoms with Crippen LogP contribution in [0.4, 0.5) is 0 Å². The molecule has 1 aliphatic heterocycles. The molecule has 2 aromatic rings. The van der Waals surface area contributed by atoms with Crippen LogP contribution in [0.15, 0.2) is 36.4 Å². The molecule has 1 aliphatic carbocycles. The van der Waals surface area contributed by atoms with Gasteiger partial charge in [-0.1, -0.05) is 50.6 Å². The smallest absolute Gasteiger partial charge is 0.250 e. The third kappa shape index (κ3) is 5.33. The second-order valence-electron chi connectivity index (χ2n) is 10.9. The van der Waals surface area contributed by atoms with E-state index in [0.29, 0.717) is 29.0 Å². The molecular formula is C27H35ClN2O3Si. The Morgan fingerprint density at radius 1 is 1.18 bits per heavy atom. The van der Waals surface area contributed by atoms with Crippen LogP contribution >= 0.6 is 11.6 Å². The second-order valence-corrected chi connectivity index (χ2v) is 16.0. The first kappa shape index (κ1) is 24.8. The fourth-order valence-electron chi connectivity index (χ4n) is 3.94. The number of benzene rings is 1. The minimum Gasteiger partial charge on any atom is -0.543 e. The molecule has 0 bridgehead atoms. The molecule has 1 aromatic heterocycles. The largest absolute Gasteiger partial charge is 0.543 e. The van der Waals surface area contributed by atoms with Gasteiger partial charge in [-0.3, -0.25) is 4.79 Å². The number of methoxy groups -OCH3 is 1. The van der Waals surface area contributed by atoms with Crippen molar-refractivity contribution in [1.82, 2.24) is 10.3 Å². The second kappa shape index (κ2) is 9.38. The first-order valence-electron chi connectivity index (χ1n) is 12.0. The van der Waals surface area contributed by atoms with Gasteiger partial charge in [-0.15, -0.1) is 0 Å². The van der Waals surface area contributed by atoms with Crippen LogP contribution in [0, 0.1) is 0 Å². The van der Waals surface area contributed by atoms with Gasteiger partial charge >= 0.3 is 0 Å². The van der Waals surface area contributed by atoms with Crippen molar-refractivity contribution in [2.24, 2.45) is 0 Å². The van der Waals surface area contributed by atoms with Gasteiger partial charge in [0, 0.05) is 23.6 Å². The van der Waals surface area contributed by atoms with E-state index in [1.807, 2.05) is 24.3 Å². The van der Waals surface area contributed by atoms with Crippen LogP contribution in [-0.4, -0.2) is 32.4 Å². The highest BCUT2D eigenvalue weighted by atomic mass is 35.5. The van der Waals surface area contributed by atoms with E-state index < -0.39 is 8.32 Å². The first-order valence-corrected chi connectivity index (χ1v) is 15.3. The highest BCUT2D eigenvalue weighted by molar-refractivity contribution is 6.74. The van der Waals surface area contributed by atoms with Crippen LogP contribution in [0.1, 0.15) is 69.2 Å². The van der Waals surface area contributed by atoms with E-state index in [2.05, 4.69) is 51.3 Å². The molecule has 4 rings (SSSR count). The van der Waals surface area contributed by atoms with E-state index in [1.54, 1.807) is 7.11 Å². The van der Waals surface area contributed by atoms with Gasteiger partial charge in [0.2, 0.25) is 11.8 Å². The van der Waals surface area contributed by atoms with Crippen molar-refractivity contribution in [1.29, 1.82) is 0 Å².